The number of aromatic nitrogens is 2. The number of hydrogen-bond acceptors (Lipinski definition) is 3. The summed E-state index contributed by atoms with van der Waals surface area (Å²) in [6.07, 6.45) is 7.54. The van der Waals surface area contributed by atoms with Crippen molar-refractivity contribution in [3.8, 4) is 0 Å². The van der Waals surface area contributed by atoms with E-state index in [1.807, 2.05) is 24.1 Å². The average Bonchev–Trinajstić information content (AvgIpc) is 3.32. The van der Waals surface area contributed by atoms with Gasteiger partial charge < -0.3 is 4.90 Å². The molecule has 2 heterocycles. The second-order valence-electron chi connectivity index (χ2n) is 6.99. The fourth-order valence-corrected chi connectivity index (χ4v) is 4.13. The van der Waals surface area contributed by atoms with Gasteiger partial charge in [0.2, 0.25) is 5.91 Å². The van der Waals surface area contributed by atoms with Crippen LogP contribution in [0, 0.1) is 5.82 Å². The molecule has 1 aromatic heterocycles. The van der Waals surface area contributed by atoms with Crippen molar-refractivity contribution < 1.29 is 9.18 Å². The summed E-state index contributed by atoms with van der Waals surface area (Å²) in [5, 5.41) is 7.95. The molecule has 6 heteroatoms. The van der Waals surface area contributed by atoms with Crippen molar-refractivity contribution in [3.63, 3.8) is 0 Å². The van der Waals surface area contributed by atoms with Gasteiger partial charge in [-0.15, -0.1) is 0 Å². The Morgan fingerprint density at radius 3 is 2.80 bits per heavy atom. The number of nitrogens with zero attached hydrogens (tertiary/aromatic N) is 3. The van der Waals surface area contributed by atoms with Crippen molar-refractivity contribution in [3.05, 3.63) is 53.6 Å². The molecule has 0 radical (unpaired) electrons. The van der Waals surface area contributed by atoms with Gasteiger partial charge in [0.25, 0.3) is 0 Å². The largest absolute Gasteiger partial charge is 0.321 e. The Hall–Kier alpha value is -2.21. The van der Waals surface area contributed by atoms with Crippen LogP contribution in [-0.4, -0.2) is 32.7 Å². The van der Waals surface area contributed by atoms with Crippen LogP contribution in [0.3, 0.4) is 0 Å². The van der Waals surface area contributed by atoms with Gasteiger partial charge in [0.15, 0.2) is 0 Å². The number of rotatable bonds is 4. The van der Waals surface area contributed by atoms with Crippen molar-refractivity contribution >= 4 is 5.91 Å². The minimum atomic E-state index is -0.395. The van der Waals surface area contributed by atoms with Crippen LogP contribution in [0.25, 0.3) is 0 Å². The zero-order valence-electron chi connectivity index (χ0n) is 14.4. The van der Waals surface area contributed by atoms with Crippen LogP contribution in [0.5, 0.6) is 0 Å². The van der Waals surface area contributed by atoms with E-state index in [1.165, 1.54) is 6.07 Å². The van der Waals surface area contributed by atoms with Crippen LogP contribution in [0.4, 0.5) is 4.39 Å². The lowest BCUT2D eigenvalue weighted by molar-refractivity contribution is -0.133. The third-order valence-electron chi connectivity index (χ3n) is 5.45. The molecule has 1 saturated heterocycles. The van der Waals surface area contributed by atoms with E-state index < -0.39 is 5.54 Å². The molecule has 1 atom stereocenters. The molecular formula is C19H23FN4O. The number of nitrogens with one attached hydrogen (secondary N) is 1. The molecule has 2 aliphatic rings. The zero-order valence-corrected chi connectivity index (χ0v) is 14.4. The SMILES string of the molecule is CCN1C(=O)C2(CCCC2)NC1c1cnn(Cc2ccccc2F)c1. The fraction of sp³-hybridized carbons (Fsp3) is 0.474. The first-order valence-corrected chi connectivity index (χ1v) is 8.97. The third kappa shape index (κ3) is 2.74. The summed E-state index contributed by atoms with van der Waals surface area (Å²) < 4.78 is 15.6. The van der Waals surface area contributed by atoms with Gasteiger partial charge in [0.1, 0.15) is 12.0 Å². The molecule has 1 aromatic carbocycles. The zero-order chi connectivity index (χ0) is 17.4. The first kappa shape index (κ1) is 16.3. The van der Waals surface area contributed by atoms with Crippen LogP contribution in [0.1, 0.15) is 49.9 Å². The van der Waals surface area contributed by atoms with Gasteiger partial charge in [-0.1, -0.05) is 31.0 Å². The number of halogens is 1. The van der Waals surface area contributed by atoms with Crippen LogP contribution >= 0.6 is 0 Å². The molecule has 1 N–H and O–H groups in total. The highest BCUT2D eigenvalue weighted by molar-refractivity contribution is 5.89. The van der Waals surface area contributed by atoms with Gasteiger partial charge in [-0.05, 0) is 25.8 Å². The van der Waals surface area contributed by atoms with Crippen LogP contribution in [-0.2, 0) is 11.3 Å². The van der Waals surface area contributed by atoms with Gasteiger partial charge >= 0.3 is 0 Å². The molecule has 1 aliphatic carbocycles. The quantitative estimate of drug-likeness (QED) is 0.929. The van der Waals surface area contributed by atoms with Gasteiger partial charge in [0, 0.05) is 23.9 Å². The van der Waals surface area contributed by atoms with E-state index in [-0.39, 0.29) is 17.9 Å². The summed E-state index contributed by atoms with van der Waals surface area (Å²) in [6, 6.07) is 6.73. The lowest BCUT2D eigenvalue weighted by atomic mass is 9.98. The van der Waals surface area contributed by atoms with Gasteiger partial charge in [-0.2, -0.15) is 5.10 Å². The Labute approximate surface area is 146 Å². The highest BCUT2D eigenvalue weighted by atomic mass is 19.1. The van der Waals surface area contributed by atoms with E-state index in [0.717, 1.165) is 31.2 Å². The smallest absolute Gasteiger partial charge is 0.244 e. The summed E-state index contributed by atoms with van der Waals surface area (Å²) in [5.41, 5.74) is 1.16. The number of carbonyl (C=O) groups excluding carboxylic acids is 1. The predicted molar refractivity (Wildman–Crippen MR) is 92.2 cm³/mol. The van der Waals surface area contributed by atoms with Crippen molar-refractivity contribution in [2.24, 2.45) is 0 Å². The van der Waals surface area contributed by atoms with E-state index in [1.54, 1.807) is 23.0 Å². The molecule has 25 heavy (non-hydrogen) atoms. The van der Waals surface area contributed by atoms with Gasteiger partial charge in [-0.3, -0.25) is 14.8 Å². The number of likely N-dealkylation sites (N-methyl/N-ethyl adjacent to an activating group) is 1. The second kappa shape index (κ2) is 6.26. The van der Waals surface area contributed by atoms with Gasteiger partial charge in [0.05, 0.1) is 18.3 Å². The van der Waals surface area contributed by atoms with Crippen molar-refractivity contribution in [2.45, 2.75) is 50.9 Å². The minimum absolute atomic E-state index is 0.148. The number of hydrogen-bond donors (Lipinski definition) is 1. The average molecular weight is 342 g/mol. The molecule has 5 nitrogen and oxygen atoms in total. The summed E-state index contributed by atoms with van der Waals surface area (Å²) >= 11 is 0. The van der Waals surface area contributed by atoms with Crippen LogP contribution < -0.4 is 5.32 Å². The van der Waals surface area contributed by atoms with Crippen LogP contribution in [0.15, 0.2) is 36.7 Å². The normalized spacial score (nSPS) is 22.2. The Bertz CT molecular complexity index is 781. The maximum Gasteiger partial charge on any atom is 0.244 e. The van der Waals surface area contributed by atoms with Gasteiger partial charge in [-0.25, -0.2) is 4.39 Å². The topological polar surface area (TPSA) is 50.2 Å². The Morgan fingerprint density at radius 2 is 2.08 bits per heavy atom. The molecule has 1 saturated carbocycles. The van der Waals surface area contributed by atoms with Crippen molar-refractivity contribution in [1.29, 1.82) is 0 Å². The molecule has 1 unspecified atom stereocenters. The summed E-state index contributed by atoms with van der Waals surface area (Å²) in [5.74, 6) is -0.0202. The van der Waals surface area contributed by atoms with E-state index in [4.69, 9.17) is 0 Å². The molecule has 2 fully saturated rings. The first-order valence-electron chi connectivity index (χ1n) is 8.97. The highest BCUT2D eigenvalue weighted by Crippen LogP contribution is 2.40. The van der Waals surface area contributed by atoms with Crippen molar-refractivity contribution in [1.82, 2.24) is 20.0 Å². The molecule has 1 amide bonds. The molecule has 2 aromatic rings. The lowest BCUT2D eigenvalue weighted by Gasteiger charge is -2.21. The van der Waals surface area contributed by atoms with E-state index in [2.05, 4.69) is 10.4 Å². The highest BCUT2D eigenvalue weighted by Gasteiger charge is 2.52. The maximum absolute atomic E-state index is 13.8. The standard InChI is InChI=1S/C19H23FN4O/c1-2-24-17(22-19(18(24)25)9-5-6-10-19)15-11-21-23(13-15)12-14-7-3-4-8-16(14)20/h3-4,7-8,11,13,17,22H,2,5-6,9-10,12H2,1H3. The summed E-state index contributed by atoms with van der Waals surface area (Å²) in [4.78, 5) is 14.8. The first-order chi connectivity index (χ1) is 12.1. The Morgan fingerprint density at radius 1 is 1.32 bits per heavy atom. The number of benzene rings is 1. The molecule has 0 bridgehead atoms. The number of amides is 1. The molecule has 132 valence electrons. The molecule has 4 rings (SSSR count). The minimum Gasteiger partial charge on any atom is -0.321 e. The number of carbonyl (C=O) groups is 1. The van der Waals surface area contributed by atoms with Crippen molar-refractivity contribution in [2.75, 3.05) is 6.54 Å². The molecule has 1 spiro atoms. The van der Waals surface area contributed by atoms with E-state index >= 15 is 0 Å². The fourth-order valence-electron chi connectivity index (χ4n) is 4.13. The predicted octanol–water partition coefficient (Wildman–Crippen LogP) is 2.83. The third-order valence-corrected chi connectivity index (χ3v) is 5.45. The Kier molecular flexibility index (Phi) is 4.07. The monoisotopic (exact) mass is 342 g/mol. The lowest BCUT2D eigenvalue weighted by Crippen LogP contribution is -2.43. The van der Waals surface area contributed by atoms with E-state index in [0.29, 0.717) is 18.7 Å². The second-order valence-corrected chi connectivity index (χ2v) is 6.99. The molecular weight excluding hydrogens is 319 g/mol. The van der Waals surface area contributed by atoms with Crippen LogP contribution in [0.2, 0.25) is 0 Å². The summed E-state index contributed by atoms with van der Waals surface area (Å²) in [7, 11) is 0. The van der Waals surface area contributed by atoms with E-state index in [9.17, 15) is 9.18 Å². The summed E-state index contributed by atoms with van der Waals surface area (Å²) in [6.45, 7) is 3.05. The maximum atomic E-state index is 13.8. The molecule has 1 aliphatic heterocycles. The Balaban J connectivity index is 1.57.